The molecule has 4 aliphatic rings. The van der Waals surface area contributed by atoms with E-state index in [1.165, 1.54) is 13.8 Å². The summed E-state index contributed by atoms with van der Waals surface area (Å²) in [7, 11) is 0. The van der Waals surface area contributed by atoms with Crippen LogP contribution in [0.25, 0.3) is 0 Å². The van der Waals surface area contributed by atoms with Gasteiger partial charge in [0.15, 0.2) is 17.2 Å². The minimum absolute atomic E-state index is 0.0287. The zero-order valence-electron chi connectivity index (χ0n) is 17.7. The average Bonchev–Trinajstić information content (AvgIpc) is 2.90. The second kappa shape index (κ2) is 6.22. The number of hydrogen-bond acceptors (Lipinski definition) is 5. The summed E-state index contributed by atoms with van der Waals surface area (Å²) in [5.74, 6) is -1.35. The van der Waals surface area contributed by atoms with Crippen LogP contribution in [0.15, 0.2) is 11.6 Å². The van der Waals surface area contributed by atoms with Gasteiger partial charge in [-0.15, -0.1) is 0 Å². The lowest BCUT2D eigenvalue weighted by molar-refractivity contribution is -0.231. The molecular weight excluding hydrogens is 375 g/mol. The fourth-order valence-electron chi connectivity index (χ4n) is 7.62. The Morgan fingerprint density at radius 3 is 2.45 bits per heavy atom. The number of ketones is 2. The number of carbonyl (C=O) groups excluding carboxylic acids is 3. The van der Waals surface area contributed by atoms with Gasteiger partial charge in [-0.25, -0.2) is 4.39 Å². The van der Waals surface area contributed by atoms with Crippen LogP contribution in [-0.4, -0.2) is 40.0 Å². The van der Waals surface area contributed by atoms with Gasteiger partial charge < -0.3 is 9.84 Å². The van der Waals surface area contributed by atoms with Crippen LogP contribution >= 0.6 is 0 Å². The Hall–Kier alpha value is -1.56. The fraction of sp³-hybridized carbons (Fsp3) is 0.783. The van der Waals surface area contributed by atoms with Gasteiger partial charge in [0.25, 0.3) is 0 Å². The van der Waals surface area contributed by atoms with Crippen molar-refractivity contribution in [3.05, 3.63) is 11.6 Å². The van der Waals surface area contributed by atoms with E-state index < -0.39 is 40.1 Å². The van der Waals surface area contributed by atoms with E-state index >= 15 is 4.39 Å². The summed E-state index contributed by atoms with van der Waals surface area (Å²) < 4.78 is 22.6. The summed E-state index contributed by atoms with van der Waals surface area (Å²) in [6, 6.07) is 0. The lowest BCUT2D eigenvalue weighted by Gasteiger charge is -2.63. The van der Waals surface area contributed by atoms with Gasteiger partial charge in [-0.05, 0) is 57.4 Å². The van der Waals surface area contributed by atoms with E-state index in [0.29, 0.717) is 32.1 Å². The Labute approximate surface area is 171 Å². The number of hydrogen-bond donors (Lipinski definition) is 1. The summed E-state index contributed by atoms with van der Waals surface area (Å²) in [5, 5.41) is 11.3. The van der Waals surface area contributed by atoms with Crippen LogP contribution in [0.3, 0.4) is 0 Å². The minimum atomic E-state index is -1.86. The van der Waals surface area contributed by atoms with Gasteiger partial charge >= 0.3 is 5.97 Å². The number of fused-ring (bicyclic) bond motifs is 5. The van der Waals surface area contributed by atoms with E-state index in [9.17, 15) is 19.5 Å². The summed E-state index contributed by atoms with van der Waals surface area (Å²) in [6.07, 6.45) is 3.15. The molecule has 0 radical (unpaired) electrons. The van der Waals surface area contributed by atoms with E-state index in [4.69, 9.17) is 4.74 Å². The quantitative estimate of drug-likeness (QED) is 0.710. The summed E-state index contributed by atoms with van der Waals surface area (Å²) in [6.45, 7) is 6.45. The van der Waals surface area contributed by atoms with Crippen molar-refractivity contribution in [2.24, 2.45) is 22.7 Å². The van der Waals surface area contributed by atoms with Crippen molar-refractivity contribution in [2.75, 3.05) is 0 Å². The standard InChI is InChI=1S/C23H31FO5/c1-13(25)22(29-14(2)26)10-8-17-18-6-5-15-11-16(27)7-9-20(15,3)23(18,24)19(28)12-21(17,22)4/h11,17-19,28H,5-10,12H2,1-4H3/t17-,18+,19-,20+,21+,22+,23-/m1/s1. The number of esters is 1. The van der Waals surface area contributed by atoms with Gasteiger partial charge in [-0.3, -0.25) is 14.4 Å². The lowest BCUT2D eigenvalue weighted by Crippen LogP contribution is -2.69. The number of aliphatic hydroxyl groups is 1. The van der Waals surface area contributed by atoms with E-state index in [1.807, 2.05) is 13.8 Å². The van der Waals surface area contributed by atoms with Gasteiger partial charge in [0.05, 0.1) is 6.10 Å². The van der Waals surface area contributed by atoms with Crippen LogP contribution in [0.4, 0.5) is 4.39 Å². The molecule has 6 heteroatoms. The molecule has 4 rings (SSSR count). The smallest absolute Gasteiger partial charge is 0.303 e. The molecule has 29 heavy (non-hydrogen) atoms. The van der Waals surface area contributed by atoms with Crippen molar-refractivity contribution in [2.45, 2.75) is 90.0 Å². The van der Waals surface area contributed by atoms with E-state index in [1.54, 1.807) is 6.08 Å². The third-order valence-electron chi connectivity index (χ3n) is 9.05. The third kappa shape index (κ3) is 2.38. The SMILES string of the molecule is CC(=O)O[C@]1(C(C)=O)CC[C@@H]2[C@@H]3CCC4=CC(=O)CC[C@]4(C)[C@]3(F)[C@H](O)C[C@@]21C. The van der Waals surface area contributed by atoms with Gasteiger partial charge in [-0.2, -0.15) is 0 Å². The molecule has 0 spiro atoms. The highest BCUT2D eigenvalue weighted by Crippen LogP contribution is 2.70. The average molecular weight is 406 g/mol. The minimum Gasteiger partial charge on any atom is -0.451 e. The molecule has 4 aliphatic carbocycles. The Balaban J connectivity index is 1.81. The maximum Gasteiger partial charge on any atom is 0.303 e. The van der Waals surface area contributed by atoms with Crippen LogP contribution in [0.1, 0.15) is 72.6 Å². The topological polar surface area (TPSA) is 80.7 Å². The van der Waals surface area contributed by atoms with Crippen molar-refractivity contribution in [3.63, 3.8) is 0 Å². The number of Topliss-reactive ketones (excluding diaryl/α,β-unsaturated/α-hetero) is 1. The Kier molecular flexibility index (Phi) is 4.44. The molecule has 0 aromatic heterocycles. The van der Waals surface area contributed by atoms with Crippen LogP contribution in [0.5, 0.6) is 0 Å². The number of alkyl halides is 1. The molecule has 0 saturated heterocycles. The summed E-state index contributed by atoms with van der Waals surface area (Å²) in [5.41, 5.74) is -4.05. The molecule has 0 unspecified atom stereocenters. The number of ether oxygens (including phenoxy) is 1. The van der Waals surface area contributed by atoms with Crippen molar-refractivity contribution in [3.8, 4) is 0 Å². The second-order valence-corrected chi connectivity index (χ2v) is 10.1. The normalized spacial score (nSPS) is 48.8. The number of allylic oxidation sites excluding steroid dienone is 1. The maximum absolute atomic E-state index is 17.0. The molecule has 160 valence electrons. The zero-order chi connectivity index (χ0) is 21.4. The highest BCUT2D eigenvalue weighted by Gasteiger charge is 2.75. The first-order valence-electron chi connectivity index (χ1n) is 10.7. The molecule has 7 atom stereocenters. The molecule has 0 aromatic carbocycles. The van der Waals surface area contributed by atoms with Crippen molar-refractivity contribution in [1.29, 1.82) is 0 Å². The second-order valence-electron chi connectivity index (χ2n) is 10.1. The Morgan fingerprint density at radius 1 is 1.14 bits per heavy atom. The van der Waals surface area contributed by atoms with Gasteiger partial charge in [-0.1, -0.05) is 19.4 Å². The molecule has 0 aliphatic heterocycles. The fourth-order valence-corrected chi connectivity index (χ4v) is 7.62. The Bertz CT molecular complexity index is 820. The van der Waals surface area contributed by atoms with Crippen molar-refractivity contribution in [1.82, 2.24) is 0 Å². The van der Waals surface area contributed by atoms with Gasteiger partial charge in [0, 0.05) is 30.1 Å². The summed E-state index contributed by atoms with van der Waals surface area (Å²) >= 11 is 0. The highest BCUT2D eigenvalue weighted by atomic mass is 19.1. The van der Waals surface area contributed by atoms with E-state index in [2.05, 4.69) is 0 Å². The molecule has 3 fully saturated rings. The first-order chi connectivity index (χ1) is 13.4. The molecular formula is C23H31FO5. The van der Waals surface area contributed by atoms with Crippen LogP contribution in [-0.2, 0) is 19.1 Å². The van der Waals surface area contributed by atoms with Gasteiger partial charge in [0.2, 0.25) is 0 Å². The predicted octanol–water partition coefficient (Wildman–Crippen LogP) is 3.47. The first kappa shape index (κ1) is 20.7. The van der Waals surface area contributed by atoms with Crippen LogP contribution in [0, 0.1) is 22.7 Å². The van der Waals surface area contributed by atoms with Crippen molar-refractivity contribution < 1.29 is 28.6 Å². The third-order valence-corrected chi connectivity index (χ3v) is 9.05. The van der Waals surface area contributed by atoms with Crippen LogP contribution in [0.2, 0.25) is 0 Å². The zero-order valence-corrected chi connectivity index (χ0v) is 17.7. The predicted molar refractivity (Wildman–Crippen MR) is 104 cm³/mol. The first-order valence-corrected chi connectivity index (χ1v) is 10.7. The lowest BCUT2D eigenvalue weighted by atomic mass is 9.44. The number of aliphatic hydroxyl groups excluding tert-OH is 1. The van der Waals surface area contributed by atoms with Crippen molar-refractivity contribution >= 4 is 17.5 Å². The molecule has 0 amide bonds. The van der Waals surface area contributed by atoms with Crippen LogP contribution < -0.4 is 0 Å². The largest absolute Gasteiger partial charge is 0.451 e. The van der Waals surface area contributed by atoms with E-state index in [0.717, 1.165) is 5.57 Å². The molecule has 5 nitrogen and oxygen atoms in total. The van der Waals surface area contributed by atoms with Gasteiger partial charge in [0.1, 0.15) is 5.67 Å². The molecule has 0 bridgehead atoms. The molecule has 0 heterocycles. The number of rotatable bonds is 2. The maximum atomic E-state index is 17.0. The monoisotopic (exact) mass is 406 g/mol. The summed E-state index contributed by atoms with van der Waals surface area (Å²) in [4.78, 5) is 36.6. The molecule has 1 N–H and O–H groups in total. The van der Waals surface area contributed by atoms with E-state index in [-0.39, 0.29) is 30.3 Å². The molecule has 0 aromatic rings. The Morgan fingerprint density at radius 2 is 1.83 bits per heavy atom. The highest BCUT2D eigenvalue weighted by molar-refractivity contribution is 5.92. The molecule has 3 saturated carbocycles. The number of carbonyl (C=O) groups is 3. The number of halogens is 1.